The van der Waals surface area contributed by atoms with Gasteiger partial charge in [0.1, 0.15) is 6.10 Å². The minimum atomic E-state index is -1.02. The molecule has 1 unspecified atom stereocenters. The van der Waals surface area contributed by atoms with Gasteiger partial charge in [-0.2, -0.15) is 0 Å². The van der Waals surface area contributed by atoms with Gasteiger partial charge in [0, 0.05) is 5.38 Å². The summed E-state index contributed by atoms with van der Waals surface area (Å²) in [5, 5.41) is 20.9. The van der Waals surface area contributed by atoms with Crippen LogP contribution in [0.25, 0.3) is 0 Å². The zero-order valence-corrected chi connectivity index (χ0v) is 10.9. The van der Waals surface area contributed by atoms with Gasteiger partial charge in [0.15, 0.2) is 17.1 Å². The molecule has 0 radical (unpaired) electrons. The fraction of sp³-hybridized carbons (Fsp3) is 0.667. The molecule has 0 aliphatic carbocycles. The van der Waals surface area contributed by atoms with E-state index < -0.39 is 5.60 Å². The summed E-state index contributed by atoms with van der Waals surface area (Å²) >= 11 is 1.59. The van der Waals surface area contributed by atoms with Crippen LogP contribution in [0.3, 0.4) is 0 Å². The molecule has 2 rings (SSSR count). The molecule has 1 aliphatic rings. The van der Waals surface area contributed by atoms with E-state index in [-0.39, 0.29) is 19.3 Å². The first kappa shape index (κ1) is 12.7. The molecule has 0 bridgehead atoms. The molecule has 0 saturated carbocycles. The molecule has 96 valence electrons. The van der Waals surface area contributed by atoms with E-state index in [0.717, 1.165) is 17.0 Å². The summed E-state index contributed by atoms with van der Waals surface area (Å²) in [6.45, 7) is 3.49. The lowest BCUT2D eigenvalue weighted by atomic mass is 9.94. The van der Waals surface area contributed by atoms with E-state index in [1.807, 2.05) is 19.2 Å². The van der Waals surface area contributed by atoms with E-state index in [9.17, 15) is 10.2 Å². The molecular weight excluding hydrogens is 240 g/mol. The minimum absolute atomic E-state index is 0.250. The number of rotatable bonds is 4. The Morgan fingerprint density at radius 2 is 2.06 bits per heavy atom. The van der Waals surface area contributed by atoms with Crippen molar-refractivity contribution in [2.45, 2.75) is 38.4 Å². The molecule has 1 atom stereocenters. The maximum absolute atomic E-state index is 9.51. The normalized spacial score (nSPS) is 21.5. The maximum Gasteiger partial charge on any atom is 0.191 e. The molecule has 0 amide bonds. The van der Waals surface area contributed by atoms with Crippen molar-refractivity contribution in [3.8, 4) is 11.5 Å². The smallest absolute Gasteiger partial charge is 0.191 e. The van der Waals surface area contributed by atoms with Crippen molar-refractivity contribution in [1.82, 2.24) is 0 Å². The van der Waals surface area contributed by atoms with Crippen molar-refractivity contribution >= 4 is 11.3 Å². The third kappa shape index (κ3) is 1.92. The fourth-order valence-electron chi connectivity index (χ4n) is 2.10. The van der Waals surface area contributed by atoms with Crippen LogP contribution in [0.4, 0.5) is 0 Å². The third-order valence-corrected chi connectivity index (χ3v) is 4.26. The lowest BCUT2D eigenvalue weighted by Gasteiger charge is -2.41. The predicted octanol–water partition coefficient (Wildman–Crippen LogP) is 1.58. The highest BCUT2D eigenvalue weighted by Crippen LogP contribution is 2.45. The Balaban J connectivity index is 2.39. The minimum Gasteiger partial charge on any atom is -0.481 e. The summed E-state index contributed by atoms with van der Waals surface area (Å²) in [7, 11) is 0. The number of aliphatic hydroxyl groups is 2. The molecule has 0 fully saturated rings. The summed E-state index contributed by atoms with van der Waals surface area (Å²) in [6.07, 6.45) is 1.22. The second kappa shape index (κ2) is 4.84. The SMILES string of the molecule is CCc1scc2c1OC(CO)(CO)C(CC)O2. The van der Waals surface area contributed by atoms with Gasteiger partial charge in [0.2, 0.25) is 0 Å². The average Bonchev–Trinajstić information content (AvgIpc) is 2.78. The topological polar surface area (TPSA) is 58.9 Å². The Labute approximate surface area is 105 Å². The van der Waals surface area contributed by atoms with Gasteiger partial charge >= 0.3 is 0 Å². The molecule has 1 aliphatic heterocycles. The zero-order chi connectivity index (χ0) is 12.5. The van der Waals surface area contributed by atoms with Crippen LogP contribution in [0.5, 0.6) is 11.5 Å². The number of aliphatic hydroxyl groups excluding tert-OH is 2. The largest absolute Gasteiger partial charge is 0.481 e. The van der Waals surface area contributed by atoms with E-state index in [1.54, 1.807) is 11.3 Å². The molecule has 5 heteroatoms. The Hall–Kier alpha value is -0.780. The summed E-state index contributed by atoms with van der Waals surface area (Å²) in [5.41, 5.74) is -1.02. The summed E-state index contributed by atoms with van der Waals surface area (Å²) in [6, 6.07) is 0. The maximum atomic E-state index is 9.51. The van der Waals surface area contributed by atoms with Gasteiger partial charge in [0.05, 0.1) is 18.1 Å². The van der Waals surface area contributed by atoms with E-state index in [2.05, 4.69) is 0 Å². The highest BCUT2D eigenvalue weighted by molar-refractivity contribution is 7.10. The van der Waals surface area contributed by atoms with Crippen LogP contribution in [0.2, 0.25) is 0 Å². The van der Waals surface area contributed by atoms with Crippen molar-refractivity contribution in [2.75, 3.05) is 13.2 Å². The molecule has 1 aromatic rings. The lowest BCUT2D eigenvalue weighted by Crippen LogP contribution is -2.58. The molecule has 17 heavy (non-hydrogen) atoms. The second-order valence-corrected chi connectivity index (χ2v) is 5.17. The van der Waals surface area contributed by atoms with Crippen LogP contribution in [-0.2, 0) is 6.42 Å². The van der Waals surface area contributed by atoms with E-state index in [1.165, 1.54) is 0 Å². The van der Waals surface area contributed by atoms with Gasteiger partial charge in [-0.1, -0.05) is 13.8 Å². The number of hydrogen-bond donors (Lipinski definition) is 2. The summed E-state index contributed by atoms with van der Waals surface area (Å²) in [4.78, 5) is 1.08. The quantitative estimate of drug-likeness (QED) is 0.861. The fourth-order valence-corrected chi connectivity index (χ4v) is 2.93. The van der Waals surface area contributed by atoms with Gasteiger partial charge in [-0.15, -0.1) is 11.3 Å². The first-order valence-corrected chi connectivity index (χ1v) is 6.76. The Bertz CT molecular complexity index is 384. The molecule has 1 aromatic heterocycles. The van der Waals surface area contributed by atoms with Crippen LogP contribution in [-0.4, -0.2) is 35.1 Å². The average molecular weight is 258 g/mol. The van der Waals surface area contributed by atoms with Crippen LogP contribution in [0.1, 0.15) is 25.1 Å². The van der Waals surface area contributed by atoms with Crippen LogP contribution in [0, 0.1) is 0 Å². The lowest BCUT2D eigenvalue weighted by molar-refractivity contribution is -0.122. The van der Waals surface area contributed by atoms with Gasteiger partial charge in [-0.05, 0) is 12.8 Å². The molecule has 0 aromatic carbocycles. The van der Waals surface area contributed by atoms with Crippen molar-refractivity contribution in [2.24, 2.45) is 0 Å². The summed E-state index contributed by atoms with van der Waals surface area (Å²) < 4.78 is 11.7. The monoisotopic (exact) mass is 258 g/mol. The van der Waals surface area contributed by atoms with E-state index in [4.69, 9.17) is 9.47 Å². The highest BCUT2D eigenvalue weighted by atomic mass is 32.1. The molecule has 2 N–H and O–H groups in total. The molecular formula is C12H18O4S. The number of fused-ring (bicyclic) bond motifs is 1. The summed E-state index contributed by atoms with van der Waals surface area (Å²) in [5.74, 6) is 1.42. The number of thiophene rings is 1. The predicted molar refractivity (Wildman–Crippen MR) is 65.9 cm³/mol. The Morgan fingerprint density at radius 3 is 2.59 bits per heavy atom. The Morgan fingerprint density at radius 1 is 1.35 bits per heavy atom. The first-order chi connectivity index (χ1) is 8.20. The van der Waals surface area contributed by atoms with Crippen LogP contribution < -0.4 is 9.47 Å². The standard InChI is InChI=1S/C12H18O4S/c1-3-9-11-8(5-17-9)15-10(4-2)12(6-13,7-14)16-11/h5,10,13-14H,3-4,6-7H2,1-2H3. The number of hydrogen-bond acceptors (Lipinski definition) is 5. The number of ether oxygens (including phenoxy) is 2. The third-order valence-electron chi connectivity index (χ3n) is 3.17. The molecule has 4 nitrogen and oxygen atoms in total. The zero-order valence-electron chi connectivity index (χ0n) is 10.1. The molecule has 0 spiro atoms. The van der Waals surface area contributed by atoms with Crippen molar-refractivity contribution in [3.63, 3.8) is 0 Å². The second-order valence-electron chi connectivity index (χ2n) is 4.20. The van der Waals surface area contributed by atoms with Gasteiger partial charge in [0.25, 0.3) is 0 Å². The number of aryl methyl sites for hydroxylation is 1. The Kier molecular flexibility index (Phi) is 3.61. The van der Waals surface area contributed by atoms with Crippen molar-refractivity contribution < 1.29 is 19.7 Å². The first-order valence-electron chi connectivity index (χ1n) is 5.88. The van der Waals surface area contributed by atoms with Crippen molar-refractivity contribution in [3.05, 3.63) is 10.3 Å². The van der Waals surface area contributed by atoms with E-state index in [0.29, 0.717) is 12.2 Å². The van der Waals surface area contributed by atoms with Crippen LogP contribution >= 0.6 is 11.3 Å². The van der Waals surface area contributed by atoms with E-state index >= 15 is 0 Å². The molecule has 2 heterocycles. The van der Waals surface area contributed by atoms with Gasteiger partial charge < -0.3 is 19.7 Å². The molecule has 0 saturated heterocycles. The highest BCUT2D eigenvalue weighted by Gasteiger charge is 2.46. The van der Waals surface area contributed by atoms with Crippen molar-refractivity contribution in [1.29, 1.82) is 0 Å². The van der Waals surface area contributed by atoms with Gasteiger partial charge in [-0.25, -0.2) is 0 Å². The van der Waals surface area contributed by atoms with Crippen LogP contribution in [0.15, 0.2) is 5.38 Å². The van der Waals surface area contributed by atoms with Gasteiger partial charge in [-0.3, -0.25) is 0 Å².